The summed E-state index contributed by atoms with van der Waals surface area (Å²) in [6.45, 7) is 3.50. The second-order valence-corrected chi connectivity index (χ2v) is 21.4. The van der Waals surface area contributed by atoms with E-state index in [4.69, 9.17) is 51.1 Å². The van der Waals surface area contributed by atoms with Crippen molar-refractivity contribution in [3.8, 4) is 0 Å². The van der Waals surface area contributed by atoms with E-state index in [0.29, 0.717) is 93.2 Å². The highest BCUT2D eigenvalue weighted by molar-refractivity contribution is 7.90. The van der Waals surface area contributed by atoms with Gasteiger partial charge in [0.25, 0.3) is 10.0 Å². The van der Waals surface area contributed by atoms with E-state index in [1.807, 2.05) is 13.0 Å². The first-order valence-corrected chi connectivity index (χ1v) is 26.6. The highest BCUT2D eigenvalue weighted by Crippen LogP contribution is 2.32. The van der Waals surface area contributed by atoms with E-state index in [0.717, 1.165) is 27.8 Å². The number of hydrogen-bond acceptors (Lipinski definition) is 15. The maximum absolute atomic E-state index is 13.5. The van der Waals surface area contributed by atoms with E-state index in [-0.39, 0.29) is 60.6 Å². The van der Waals surface area contributed by atoms with Crippen molar-refractivity contribution in [1.82, 2.24) is 38.7 Å². The molecule has 0 spiro atoms. The Morgan fingerprint density at radius 1 is 0.720 bits per heavy atom. The fourth-order valence-corrected chi connectivity index (χ4v) is 11.5. The number of aromatic amines is 1. The molecule has 6 heterocycles. The van der Waals surface area contributed by atoms with Gasteiger partial charge in [0.05, 0.1) is 35.9 Å². The van der Waals surface area contributed by atoms with E-state index in [2.05, 4.69) is 35.6 Å². The molecule has 0 aliphatic carbocycles. The van der Waals surface area contributed by atoms with Crippen LogP contribution in [0.1, 0.15) is 31.2 Å². The third-order valence-electron chi connectivity index (χ3n) is 12.7. The number of ether oxygens (including phenoxy) is 1. The summed E-state index contributed by atoms with van der Waals surface area (Å²) in [4.78, 5) is 77.7. The van der Waals surface area contributed by atoms with Crippen molar-refractivity contribution in [1.29, 1.82) is 0 Å². The molecule has 2 atom stereocenters. The quantitative estimate of drug-likeness (QED) is 0.0680. The number of aromatic nitrogens is 6. The number of benzene rings is 3. The SMILES string of the molecule is COC(=O)CN(c1ncnc2c1ccn2S(=O)(=O)c1ccc(C)cc1)[C@@H]1CCCN(C(=O)CNc2cc(Cl)cc(Cl)c2)C1.O=C(O)CN(c1ncnc2[nH]ccc12)[C@@H]1CCCN(C(=O)CNc2cc(Cl)cc(Cl)c2)C1. The zero-order chi connectivity index (χ0) is 53.4. The van der Waals surface area contributed by atoms with Crippen LogP contribution in [0.2, 0.25) is 20.1 Å². The molecule has 4 aromatic heterocycles. The molecule has 3 aromatic carbocycles. The number of esters is 1. The Morgan fingerprint density at radius 3 is 1.77 bits per heavy atom. The number of carbonyl (C=O) groups is 4. The third-order valence-corrected chi connectivity index (χ3v) is 15.3. The highest BCUT2D eigenvalue weighted by atomic mass is 35.5. The van der Waals surface area contributed by atoms with Crippen LogP contribution in [0, 0.1) is 6.92 Å². The molecule has 0 unspecified atom stereocenters. The van der Waals surface area contributed by atoms with E-state index >= 15 is 0 Å². The average molecular weight is 1120 g/mol. The summed E-state index contributed by atoms with van der Waals surface area (Å²) in [5.41, 5.74) is 3.03. The van der Waals surface area contributed by atoms with Crippen molar-refractivity contribution in [2.75, 3.05) is 79.9 Å². The molecule has 20 nitrogen and oxygen atoms in total. The minimum absolute atomic E-state index is 0.0257. The molecular weight excluding hydrogens is 1070 g/mol. The summed E-state index contributed by atoms with van der Waals surface area (Å²) in [5, 5.41) is 18.7. The Morgan fingerprint density at radius 2 is 1.24 bits per heavy atom. The van der Waals surface area contributed by atoms with E-state index in [1.165, 1.54) is 26.0 Å². The number of aliphatic carboxylic acids is 1. The second-order valence-electron chi connectivity index (χ2n) is 17.8. The monoisotopic (exact) mass is 1120 g/mol. The number of piperidine rings is 2. The smallest absolute Gasteiger partial charge is 0.325 e. The lowest BCUT2D eigenvalue weighted by Crippen LogP contribution is -2.52. The number of fused-ring (bicyclic) bond motifs is 2. The summed E-state index contributed by atoms with van der Waals surface area (Å²) >= 11 is 24.2. The predicted molar refractivity (Wildman–Crippen MR) is 289 cm³/mol. The fourth-order valence-electron chi connectivity index (χ4n) is 9.11. The van der Waals surface area contributed by atoms with Crippen molar-refractivity contribution in [3.05, 3.63) is 123 Å². The molecule has 7 aromatic rings. The lowest BCUT2D eigenvalue weighted by atomic mass is 10.0. The number of nitrogens with zero attached hydrogens (tertiary/aromatic N) is 9. The van der Waals surface area contributed by atoms with Gasteiger partial charge in [-0.15, -0.1) is 0 Å². The van der Waals surface area contributed by atoms with E-state index < -0.39 is 22.0 Å². The number of H-pyrrole nitrogens is 1. The Labute approximate surface area is 451 Å². The highest BCUT2D eigenvalue weighted by Gasteiger charge is 2.34. The summed E-state index contributed by atoms with van der Waals surface area (Å²) in [6.07, 6.45) is 8.73. The van der Waals surface area contributed by atoms with Crippen molar-refractivity contribution >= 4 is 125 Å². The van der Waals surface area contributed by atoms with E-state index in [9.17, 15) is 32.7 Å². The standard InChI is InChI=1S/C29H30Cl2N6O5S.C21H22Cl2N6O3/c1-19-5-7-24(8-6-19)43(40,41)37-11-9-25-28(33-18-34-29(25)37)36(17-27(39)42-2)23-4-3-10-35(16-23)26(38)15-32-22-13-20(30)12-21(31)14-22;22-13-6-14(23)8-15(7-13)25-9-18(30)28-5-1-2-16(10-28)29(11-19(31)32)21-17-3-4-24-20(17)26-12-27-21/h5-9,11-14,18,23,32H,3-4,10,15-17H2,1-2H3;3-4,6-8,12,16,25H,1-2,5,9-11H2,(H,31,32)(H,24,26,27)/t23-;16-/m11/s1. The number of anilines is 4. The summed E-state index contributed by atoms with van der Waals surface area (Å²) in [7, 11) is -2.65. The first-order valence-electron chi connectivity index (χ1n) is 23.7. The molecule has 75 heavy (non-hydrogen) atoms. The number of aryl methyl sites for hydroxylation is 1. The van der Waals surface area contributed by atoms with Crippen molar-refractivity contribution < 1.29 is 37.4 Å². The van der Waals surface area contributed by atoms with Gasteiger partial charge >= 0.3 is 11.9 Å². The van der Waals surface area contributed by atoms with E-state index in [1.54, 1.807) is 92.5 Å². The van der Waals surface area contributed by atoms with Crippen LogP contribution in [0.3, 0.4) is 0 Å². The van der Waals surface area contributed by atoms with Crippen molar-refractivity contribution in [3.63, 3.8) is 0 Å². The largest absolute Gasteiger partial charge is 0.480 e. The second kappa shape index (κ2) is 24.2. The number of methoxy groups -OCH3 is 1. The van der Waals surface area contributed by atoms with Crippen LogP contribution in [-0.4, -0.2) is 148 Å². The molecule has 4 N–H and O–H groups in total. The zero-order valence-corrected chi connectivity index (χ0v) is 44.5. The molecule has 0 bridgehead atoms. The lowest BCUT2D eigenvalue weighted by molar-refractivity contribution is -0.139. The van der Waals surface area contributed by atoms with Crippen molar-refractivity contribution in [2.45, 2.75) is 49.6 Å². The number of hydrogen-bond donors (Lipinski definition) is 4. The van der Waals surface area contributed by atoms with Crippen LogP contribution >= 0.6 is 46.4 Å². The van der Waals surface area contributed by atoms with Crippen LogP contribution in [-0.2, 0) is 33.9 Å². The van der Waals surface area contributed by atoms with Crippen LogP contribution in [0.4, 0.5) is 23.0 Å². The van der Waals surface area contributed by atoms with Crippen LogP contribution in [0.15, 0.2) is 103 Å². The number of halogens is 4. The van der Waals surface area contributed by atoms with Crippen molar-refractivity contribution in [2.24, 2.45) is 0 Å². The topological polar surface area (TPSA) is 241 Å². The van der Waals surface area contributed by atoms with Gasteiger partial charge in [-0.2, -0.15) is 0 Å². The molecule has 2 amide bonds. The molecule has 2 aliphatic heterocycles. The average Bonchev–Trinajstić information content (AvgIpc) is 4.07. The maximum atomic E-state index is 13.5. The molecule has 2 saturated heterocycles. The Kier molecular flexibility index (Phi) is 17.5. The van der Waals surface area contributed by atoms with Crippen LogP contribution < -0.4 is 20.4 Å². The molecule has 2 fully saturated rings. The molecular formula is C50H52Cl4N12O8S. The van der Waals surface area contributed by atoms with Gasteiger partial charge in [-0.25, -0.2) is 32.3 Å². The van der Waals surface area contributed by atoms with Gasteiger partial charge < -0.3 is 45.1 Å². The Hall–Kier alpha value is -6.91. The third kappa shape index (κ3) is 13.3. The zero-order valence-electron chi connectivity index (χ0n) is 40.6. The lowest BCUT2D eigenvalue weighted by Gasteiger charge is -2.39. The molecule has 25 heteroatoms. The van der Waals surface area contributed by atoms with Gasteiger partial charge in [0, 0.05) is 82.1 Å². The minimum Gasteiger partial charge on any atom is -0.480 e. The number of likely N-dealkylation sites (tertiary alicyclic amines) is 2. The van der Waals surface area contributed by atoms with Gasteiger partial charge in [-0.1, -0.05) is 64.1 Å². The molecule has 0 saturated carbocycles. The van der Waals surface area contributed by atoms with Gasteiger partial charge in [0.1, 0.15) is 43.0 Å². The number of amides is 2. The minimum atomic E-state index is -3.95. The molecule has 0 radical (unpaired) electrons. The number of carboxylic acids is 1. The van der Waals surface area contributed by atoms with Crippen LogP contribution in [0.5, 0.6) is 0 Å². The predicted octanol–water partition coefficient (Wildman–Crippen LogP) is 7.62. The number of rotatable bonds is 16. The normalized spacial score (nSPS) is 15.7. The summed E-state index contributed by atoms with van der Waals surface area (Å²) in [6, 6.07) is 19.5. The maximum Gasteiger partial charge on any atom is 0.325 e. The summed E-state index contributed by atoms with van der Waals surface area (Å²) in [5.74, 6) is -0.766. The number of nitrogens with one attached hydrogen (secondary N) is 3. The van der Waals surface area contributed by atoms with Gasteiger partial charge in [0.2, 0.25) is 11.8 Å². The first kappa shape index (κ1) is 54.4. The van der Waals surface area contributed by atoms with Gasteiger partial charge in [0.15, 0.2) is 5.65 Å². The Bertz CT molecular complexity index is 3290. The summed E-state index contributed by atoms with van der Waals surface area (Å²) < 4.78 is 33.1. The Balaban J connectivity index is 0.000000208. The number of carbonyl (C=O) groups excluding carboxylic acids is 3. The molecule has 394 valence electrons. The fraction of sp³-hybridized carbons (Fsp3) is 0.320. The van der Waals surface area contributed by atoms with Crippen LogP contribution in [0.25, 0.3) is 22.1 Å². The molecule has 9 rings (SSSR count). The first-order chi connectivity index (χ1) is 36.0. The number of carboxylic acid groups (broad SMARTS) is 1. The van der Waals surface area contributed by atoms with Gasteiger partial charge in [-0.3, -0.25) is 19.2 Å². The molecule has 2 aliphatic rings. The van der Waals surface area contributed by atoms with Gasteiger partial charge in [-0.05, 0) is 93.3 Å².